The van der Waals surface area contributed by atoms with Crippen LogP contribution >= 0.6 is 11.3 Å². The quantitative estimate of drug-likeness (QED) is 0.687. The molecule has 0 bridgehead atoms. The van der Waals surface area contributed by atoms with Crippen molar-refractivity contribution in [1.29, 1.82) is 0 Å². The lowest BCUT2D eigenvalue weighted by molar-refractivity contribution is 0.0280. The Labute approximate surface area is 125 Å². The van der Waals surface area contributed by atoms with Gasteiger partial charge in [-0.15, -0.1) is 21.5 Å². The molecule has 0 saturated heterocycles. The summed E-state index contributed by atoms with van der Waals surface area (Å²) >= 11 is 1.51. The number of ether oxygens (including phenoxy) is 1. The van der Waals surface area contributed by atoms with Crippen molar-refractivity contribution in [2.45, 2.75) is 13.0 Å². The number of hydrogen-bond donors (Lipinski definition) is 0. The van der Waals surface area contributed by atoms with Gasteiger partial charge in [0.1, 0.15) is 0 Å². The van der Waals surface area contributed by atoms with Crippen LogP contribution in [0.2, 0.25) is 0 Å². The molecule has 5 nitrogen and oxygen atoms in total. The Bertz CT molecular complexity index is 722. The van der Waals surface area contributed by atoms with Crippen LogP contribution < -0.4 is 0 Å². The molecule has 1 atom stereocenters. The van der Waals surface area contributed by atoms with Gasteiger partial charge in [0, 0.05) is 0 Å². The van der Waals surface area contributed by atoms with Crippen molar-refractivity contribution in [1.82, 2.24) is 10.2 Å². The first-order valence-electron chi connectivity index (χ1n) is 6.37. The topological polar surface area (TPSA) is 65.2 Å². The Hall–Kier alpha value is -2.47. The van der Waals surface area contributed by atoms with E-state index in [4.69, 9.17) is 9.15 Å². The van der Waals surface area contributed by atoms with Crippen LogP contribution in [0.4, 0.5) is 0 Å². The van der Waals surface area contributed by atoms with E-state index < -0.39 is 12.1 Å². The van der Waals surface area contributed by atoms with Crippen molar-refractivity contribution >= 4 is 17.3 Å². The van der Waals surface area contributed by atoms with E-state index in [0.717, 1.165) is 4.88 Å². The average molecular weight is 300 g/mol. The van der Waals surface area contributed by atoms with E-state index in [2.05, 4.69) is 10.2 Å². The average Bonchev–Trinajstić information content (AvgIpc) is 3.19. The molecular formula is C15H12N2O3S. The SMILES string of the molecule is C[C@@H](OC(=O)c1ccccc1)c1nnc(-c2cccs2)o1. The van der Waals surface area contributed by atoms with Gasteiger partial charge in [-0.3, -0.25) is 0 Å². The third kappa shape index (κ3) is 3.00. The minimum Gasteiger partial charge on any atom is -0.449 e. The number of nitrogens with zero attached hydrogens (tertiary/aromatic N) is 2. The second-order valence-electron chi connectivity index (χ2n) is 4.34. The second-order valence-corrected chi connectivity index (χ2v) is 5.28. The lowest BCUT2D eigenvalue weighted by atomic mass is 10.2. The van der Waals surface area contributed by atoms with Crippen LogP contribution in [0, 0.1) is 0 Å². The fourth-order valence-corrected chi connectivity index (χ4v) is 2.40. The predicted octanol–water partition coefficient (Wildman–Crippen LogP) is 3.72. The molecule has 2 aromatic heterocycles. The molecule has 0 N–H and O–H groups in total. The van der Waals surface area contributed by atoms with Crippen molar-refractivity contribution in [2.75, 3.05) is 0 Å². The number of hydrogen-bond acceptors (Lipinski definition) is 6. The Morgan fingerprint density at radius 3 is 2.71 bits per heavy atom. The van der Waals surface area contributed by atoms with Gasteiger partial charge in [-0.05, 0) is 30.5 Å². The number of esters is 1. The van der Waals surface area contributed by atoms with E-state index in [-0.39, 0.29) is 5.89 Å². The fraction of sp³-hybridized carbons (Fsp3) is 0.133. The van der Waals surface area contributed by atoms with Crippen molar-refractivity contribution in [3.05, 3.63) is 59.3 Å². The molecule has 0 saturated carbocycles. The molecule has 0 aliphatic carbocycles. The van der Waals surface area contributed by atoms with Crippen LogP contribution in [0.1, 0.15) is 29.3 Å². The Morgan fingerprint density at radius 2 is 2.00 bits per heavy atom. The maximum atomic E-state index is 12.0. The maximum absolute atomic E-state index is 12.0. The van der Waals surface area contributed by atoms with Crippen molar-refractivity contribution < 1.29 is 13.9 Å². The minimum atomic E-state index is -0.598. The van der Waals surface area contributed by atoms with Gasteiger partial charge in [0.25, 0.3) is 11.8 Å². The van der Waals surface area contributed by atoms with Gasteiger partial charge < -0.3 is 9.15 Å². The van der Waals surface area contributed by atoms with Crippen molar-refractivity contribution in [3.8, 4) is 10.8 Å². The highest BCUT2D eigenvalue weighted by Gasteiger charge is 2.20. The van der Waals surface area contributed by atoms with Gasteiger partial charge in [-0.1, -0.05) is 24.3 Å². The van der Waals surface area contributed by atoms with Gasteiger partial charge in [0.15, 0.2) is 6.10 Å². The normalized spacial score (nSPS) is 12.0. The van der Waals surface area contributed by atoms with Crippen LogP contribution in [0.3, 0.4) is 0 Å². The van der Waals surface area contributed by atoms with Gasteiger partial charge in [-0.25, -0.2) is 4.79 Å². The number of aromatic nitrogens is 2. The highest BCUT2D eigenvalue weighted by atomic mass is 32.1. The molecule has 3 rings (SSSR count). The molecular weight excluding hydrogens is 288 g/mol. The molecule has 0 aliphatic heterocycles. The van der Waals surface area contributed by atoms with E-state index in [1.807, 2.05) is 23.6 Å². The van der Waals surface area contributed by atoms with Crippen LogP contribution in [0.25, 0.3) is 10.8 Å². The molecule has 0 unspecified atom stereocenters. The van der Waals surface area contributed by atoms with E-state index in [0.29, 0.717) is 11.5 Å². The molecule has 0 spiro atoms. The molecule has 106 valence electrons. The van der Waals surface area contributed by atoms with Gasteiger partial charge in [0.05, 0.1) is 10.4 Å². The zero-order valence-electron chi connectivity index (χ0n) is 11.2. The predicted molar refractivity (Wildman–Crippen MR) is 77.9 cm³/mol. The van der Waals surface area contributed by atoms with Crippen molar-refractivity contribution in [2.24, 2.45) is 0 Å². The third-order valence-electron chi connectivity index (χ3n) is 2.81. The maximum Gasteiger partial charge on any atom is 0.338 e. The molecule has 21 heavy (non-hydrogen) atoms. The standard InChI is InChI=1S/C15H12N2O3S/c1-10(19-15(18)11-6-3-2-4-7-11)13-16-17-14(20-13)12-8-5-9-21-12/h2-10H,1H3/t10-/m1/s1. The first kappa shape index (κ1) is 13.5. The molecule has 1 aromatic carbocycles. The lowest BCUT2D eigenvalue weighted by Gasteiger charge is -2.08. The molecule has 0 fully saturated rings. The van der Waals surface area contributed by atoms with E-state index >= 15 is 0 Å². The van der Waals surface area contributed by atoms with Crippen LogP contribution in [0.5, 0.6) is 0 Å². The van der Waals surface area contributed by atoms with Gasteiger partial charge >= 0.3 is 5.97 Å². The fourth-order valence-electron chi connectivity index (χ4n) is 1.75. The largest absolute Gasteiger partial charge is 0.449 e. The first-order valence-corrected chi connectivity index (χ1v) is 7.25. The van der Waals surface area contributed by atoms with Gasteiger partial charge in [0.2, 0.25) is 0 Å². The molecule has 0 amide bonds. The molecule has 2 heterocycles. The number of carbonyl (C=O) groups excluding carboxylic acids is 1. The van der Waals surface area contributed by atoms with E-state index in [9.17, 15) is 4.79 Å². The Kier molecular flexibility index (Phi) is 3.79. The van der Waals surface area contributed by atoms with Crippen LogP contribution in [-0.4, -0.2) is 16.2 Å². The zero-order valence-corrected chi connectivity index (χ0v) is 12.0. The number of rotatable bonds is 4. The first-order chi connectivity index (χ1) is 10.2. The monoisotopic (exact) mass is 300 g/mol. The Balaban J connectivity index is 1.71. The van der Waals surface area contributed by atoms with Crippen LogP contribution in [-0.2, 0) is 4.74 Å². The van der Waals surface area contributed by atoms with E-state index in [1.165, 1.54) is 11.3 Å². The number of carbonyl (C=O) groups is 1. The summed E-state index contributed by atoms with van der Waals surface area (Å²) in [5.74, 6) is 0.296. The zero-order chi connectivity index (χ0) is 14.7. The Morgan fingerprint density at radius 1 is 1.19 bits per heavy atom. The summed E-state index contributed by atoms with van der Waals surface area (Å²) in [5.41, 5.74) is 0.488. The molecule has 0 aliphatic rings. The van der Waals surface area contributed by atoms with Crippen molar-refractivity contribution in [3.63, 3.8) is 0 Å². The summed E-state index contributed by atoms with van der Waals surface area (Å²) in [6.45, 7) is 1.70. The highest BCUT2D eigenvalue weighted by molar-refractivity contribution is 7.13. The smallest absolute Gasteiger partial charge is 0.338 e. The highest BCUT2D eigenvalue weighted by Crippen LogP contribution is 2.26. The minimum absolute atomic E-state index is 0.280. The summed E-state index contributed by atoms with van der Waals surface area (Å²) < 4.78 is 10.9. The third-order valence-corrected chi connectivity index (χ3v) is 3.67. The van der Waals surface area contributed by atoms with E-state index in [1.54, 1.807) is 31.2 Å². The number of benzene rings is 1. The van der Waals surface area contributed by atoms with Crippen LogP contribution in [0.15, 0.2) is 52.3 Å². The summed E-state index contributed by atoms with van der Waals surface area (Å²) in [6.07, 6.45) is -0.598. The summed E-state index contributed by atoms with van der Waals surface area (Å²) in [5, 5.41) is 9.82. The summed E-state index contributed by atoms with van der Waals surface area (Å²) in [4.78, 5) is 12.8. The molecule has 3 aromatic rings. The summed E-state index contributed by atoms with van der Waals surface area (Å²) in [7, 11) is 0. The molecule has 0 radical (unpaired) electrons. The number of thiophene rings is 1. The summed E-state index contributed by atoms with van der Waals surface area (Å²) in [6, 6.07) is 12.6. The molecule has 6 heteroatoms. The second kappa shape index (κ2) is 5.88. The van der Waals surface area contributed by atoms with Gasteiger partial charge in [-0.2, -0.15) is 0 Å². The lowest BCUT2D eigenvalue weighted by Crippen LogP contribution is -2.09.